The van der Waals surface area contributed by atoms with Gasteiger partial charge in [0.05, 0.1) is 11.6 Å². The van der Waals surface area contributed by atoms with E-state index in [0.717, 1.165) is 16.0 Å². The minimum Gasteiger partial charge on any atom is -0.496 e. The Kier molecular flexibility index (Phi) is 5.41. The molecule has 0 aromatic heterocycles. The highest BCUT2D eigenvalue weighted by Crippen LogP contribution is 2.27. The van der Waals surface area contributed by atoms with Crippen LogP contribution >= 0.6 is 27.7 Å². The molecule has 0 atom stereocenters. The first-order valence-corrected chi connectivity index (χ1v) is 6.63. The van der Waals surface area contributed by atoms with Crippen LogP contribution < -0.4 is 4.74 Å². The van der Waals surface area contributed by atoms with Crippen LogP contribution in [0.4, 0.5) is 0 Å². The average molecular weight is 275 g/mol. The highest BCUT2D eigenvalue weighted by molar-refractivity contribution is 9.10. The first-order chi connectivity index (χ1) is 6.77. The van der Waals surface area contributed by atoms with Crippen molar-refractivity contribution >= 4 is 27.7 Å². The van der Waals surface area contributed by atoms with Gasteiger partial charge in [0.15, 0.2) is 0 Å². The molecule has 0 bridgehead atoms. The molecule has 0 aliphatic rings. The van der Waals surface area contributed by atoms with Crippen molar-refractivity contribution in [2.24, 2.45) is 0 Å². The fourth-order valence-corrected chi connectivity index (χ4v) is 2.57. The highest BCUT2D eigenvalue weighted by Gasteiger charge is 2.00. The van der Waals surface area contributed by atoms with Gasteiger partial charge in [0, 0.05) is 5.75 Å². The number of hydrogen-bond donors (Lipinski definition) is 0. The van der Waals surface area contributed by atoms with Crippen LogP contribution in [0, 0.1) is 0 Å². The van der Waals surface area contributed by atoms with Gasteiger partial charge in [-0.25, -0.2) is 0 Å². The minimum atomic E-state index is 0.897. The van der Waals surface area contributed by atoms with Crippen molar-refractivity contribution in [1.29, 1.82) is 0 Å². The third-order valence-corrected chi connectivity index (χ3v) is 3.69. The molecule has 1 aromatic rings. The number of rotatable bonds is 5. The smallest absolute Gasteiger partial charge is 0.133 e. The van der Waals surface area contributed by atoms with E-state index < -0.39 is 0 Å². The molecule has 3 heteroatoms. The van der Waals surface area contributed by atoms with Crippen molar-refractivity contribution in [3.8, 4) is 5.75 Å². The van der Waals surface area contributed by atoms with Crippen LogP contribution in [0.5, 0.6) is 5.75 Å². The maximum atomic E-state index is 5.17. The van der Waals surface area contributed by atoms with Crippen LogP contribution in [0.15, 0.2) is 22.7 Å². The molecule has 0 spiro atoms. The van der Waals surface area contributed by atoms with Gasteiger partial charge >= 0.3 is 0 Å². The van der Waals surface area contributed by atoms with E-state index in [0.29, 0.717) is 0 Å². The first kappa shape index (κ1) is 11.9. The quantitative estimate of drug-likeness (QED) is 0.748. The number of hydrogen-bond acceptors (Lipinski definition) is 2. The average Bonchev–Trinajstić information content (AvgIpc) is 2.18. The molecule has 0 aliphatic carbocycles. The summed E-state index contributed by atoms with van der Waals surface area (Å²) in [5.74, 6) is 3.20. The molecule has 1 rings (SSSR count). The zero-order valence-electron chi connectivity index (χ0n) is 8.55. The van der Waals surface area contributed by atoms with Crippen LogP contribution in [0.1, 0.15) is 18.9 Å². The summed E-state index contributed by atoms with van der Waals surface area (Å²) in [6.07, 6.45) is 1.24. The Bertz CT molecular complexity index is 289. The number of thioether (sulfide) groups is 1. The van der Waals surface area contributed by atoms with Crippen molar-refractivity contribution in [3.63, 3.8) is 0 Å². The van der Waals surface area contributed by atoms with Gasteiger partial charge in [0.1, 0.15) is 5.75 Å². The lowest BCUT2D eigenvalue weighted by Gasteiger charge is -2.05. The molecule has 1 nitrogen and oxygen atoms in total. The number of benzene rings is 1. The maximum Gasteiger partial charge on any atom is 0.133 e. The van der Waals surface area contributed by atoms with Crippen LogP contribution in [0.2, 0.25) is 0 Å². The molecule has 0 N–H and O–H groups in total. The van der Waals surface area contributed by atoms with E-state index in [1.54, 1.807) is 7.11 Å². The molecule has 0 aliphatic heterocycles. The monoisotopic (exact) mass is 274 g/mol. The predicted molar refractivity (Wildman–Crippen MR) is 67.1 cm³/mol. The van der Waals surface area contributed by atoms with Crippen molar-refractivity contribution < 1.29 is 4.74 Å². The third kappa shape index (κ3) is 3.54. The lowest BCUT2D eigenvalue weighted by molar-refractivity contribution is 0.412. The highest BCUT2D eigenvalue weighted by atomic mass is 79.9. The largest absolute Gasteiger partial charge is 0.496 e. The molecule has 0 fully saturated rings. The van der Waals surface area contributed by atoms with E-state index >= 15 is 0 Å². The zero-order valence-corrected chi connectivity index (χ0v) is 11.0. The maximum absolute atomic E-state index is 5.17. The summed E-state index contributed by atoms with van der Waals surface area (Å²) >= 11 is 5.45. The molecule has 0 unspecified atom stereocenters. The molecule has 0 saturated carbocycles. The molecule has 0 saturated heterocycles. The Morgan fingerprint density at radius 2 is 2.21 bits per heavy atom. The van der Waals surface area contributed by atoms with Gasteiger partial charge in [-0.15, -0.1) is 0 Å². The topological polar surface area (TPSA) is 9.23 Å². The zero-order chi connectivity index (χ0) is 10.4. The summed E-state index contributed by atoms with van der Waals surface area (Å²) in [4.78, 5) is 0. The lowest BCUT2D eigenvalue weighted by Crippen LogP contribution is -1.87. The van der Waals surface area contributed by atoms with E-state index in [1.807, 2.05) is 17.8 Å². The summed E-state index contributed by atoms with van der Waals surface area (Å²) in [7, 11) is 1.69. The molecular weight excluding hydrogens is 260 g/mol. The fourth-order valence-electron chi connectivity index (χ4n) is 1.13. The Morgan fingerprint density at radius 3 is 2.79 bits per heavy atom. The Hall–Kier alpha value is -0.150. The van der Waals surface area contributed by atoms with Crippen LogP contribution in [-0.4, -0.2) is 12.9 Å². The van der Waals surface area contributed by atoms with Gasteiger partial charge in [0.25, 0.3) is 0 Å². The SMILES string of the molecule is CCCSCc1ccc(OC)c(Br)c1. The van der Waals surface area contributed by atoms with Crippen molar-refractivity contribution in [3.05, 3.63) is 28.2 Å². The summed E-state index contributed by atoms with van der Waals surface area (Å²) in [6, 6.07) is 6.25. The Balaban J connectivity index is 2.57. The van der Waals surface area contributed by atoms with E-state index in [2.05, 4.69) is 35.0 Å². The molecule has 0 radical (unpaired) electrons. The van der Waals surface area contributed by atoms with Crippen molar-refractivity contribution in [1.82, 2.24) is 0 Å². The molecule has 0 amide bonds. The second kappa shape index (κ2) is 6.36. The summed E-state index contributed by atoms with van der Waals surface area (Å²) in [6.45, 7) is 2.21. The van der Waals surface area contributed by atoms with Gasteiger partial charge in [-0.05, 0) is 45.8 Å². The normalized spacial score (nSPS) is 10.2. The van der Waals surface area contributed by atoms with Gasteiger partial charge in [-0.1, -0.05) is 13.0 Å². The van der Waals surface area contributed by atoms with E-state index in [1.165, 1.54) is 17.7 Å². The lowest BCUT2D eigenvalue weighted by atomic mass is 10.2. The number of ether oxygens (including phenoxy) is 1. The standard InChI is InChI=1S/C11H15BrOS/c1-3-6-14-8-9-4-5-11(13-2)10(12)7-9/h4-5,7H,3,6,8H2,1-2H3. The van der Waals surface area contributed by atoms with Crippen LogP contribution in [0.3, 0.4) is 0 Å². The van der Waals surface area contributed by atoms with Crippen molar-refractivity contribution in [2.75, 3.05) is 12.9 Å². The summed E-state index contributed by atoms with van der Waals surface area (Å²) in [5, 5.41) is 0. The van der Waals surface area contributed by atoms with Gasteiger partial charge in [-0.2, -0.15) is 11.8 Å². The Labute approximate surface area is 98.4 Å². The molecule has 14 heavy (non-hydrogen) atoms. The predicted octanol–water partition coefficient (Wildman–Crippen LogP) is 4.10. The number of methoxy groups -OCH3 is 1. The number of halogens is 1. The second-order valence-electron chi connectivity index (χ2n) is 3.02. The van der Waals surface area contributed by atoms with E-state index in [4.69, 9.17) is 4.74 Å². The molecule has 1 aromatic carbocycles. The van der Waals surface area contributed by atoms with Gasteiger partial charge in [0.2, 0.25) is 0 Å². The second-order valence-corrected chi connectivity index (χ2v) is 4.98. The third-order valence-electron chi connectivity index (χ3n) is 1.83. The minimum absolute atomic E-state index is 0.897. The summed E-state index contributed by atoms with van der Waals surface area (Å²) in [5.41, 5.74) is 1.34. The van der Waals surface area contributed by atoms with Gasteiger partial charge in [-0.3, -0.25) is 0 Å². The van der Waals surface area contributed by atoms with Crippen LogP contribution in [-0.2, 0) is 5.75 Å². The molecule has 78 valence electrons. The fraction of sp³-hybridized carbons (Fsp3) is 0.455. The molecule has 0 heterocycles. The summed E-state index contributed by atoms with van der Waals surface area (Å²) < 4.78 is 6.21. The van der Waals surface area contributed by atoms with Crippen molar-refractivity contribution in [2.45, 2.75) is 19.1 Å². The van der Waals surface area contributed by atoms with E-state index in [-0.39, 0.29) is 0 Å². The van der Waals surface area contributed by atoms with E-state index in [9.17, 15) is 0 Å². The van der Waals surface area contributed by atoms with Crippen LogP contribution in [0.25, 0.3) is 0 Å². The van der Waals surface area contributed by atoms with Gasteiger partial charge < -0.3 is 4.74 Å². The first-order valence-electron chi connectivity index (χ1n) is 4.68. The Morgan fingerprint density at radius 1 is 1.43 bits per heavy atom. The molecular formula is C11H15BrOS.